The highest BCUT2D eigenvalue weighted by Gasteiger charge is 2.30. The van der Waals surface area contributed by atoms with Gasteiger partial charge in [0.05, 0.1) is 0 Å². The van der Waals surface area contributed by atoms with Crippen LogP contribution in [0.15, 0.2) is 17.1 Å². The zero-order valence-corrected chi connectivity index (χ0v) is 6.92. The maximum absolute atomic E-state index is 10.4. The van der Waals surface area contributed by atoms with Gasteiger partial charge in [-0.2, -0.15) is 0 Å². The Morgan fingerprint density at radius 2 is 2.38 bits per heavy atom. The summed E-state index contributed by atoms with van der Waals surface area (Å²) in [7, 11) is 0. The number of carbonyl (C=O) groups is 1. The fourth-order valence-electron chi connectivity index (χ4n) is 1.25. The molecular weight excluding hydrogens is 172 g/mol. The van der Waals surface area contributed by atoms with E-state index in [0.717, 1.165) is 5.84 Å². The number of amides is 1. The number of carboxylic acid groups (broad SMARTS) is 1. The van der Waals surface area contributed by atoms with E-state index in [4.69, 9.17) is 10.8 Å². The van der Waals surface area contributed by atoms with E-state index in [2.05, 4.69) is 4.99 Å². The standard InChI is InChI=1S/C7H10N4O2/c8-5-1-2-6(9-5)10-3-11(4-10)7(12)13/h1-2,5H,3-4,8H2,(H,12,13). The normalized spacial score (nSPS) is 25.9. The summed E-state index contributed by atoms with van der Waals surface area (Å²) in [6.07, 6.45) is 2.42. The fraction of sp³-hybridized carbons (Fsp3) is 0.429. The highest BCUT2D eigenvalue weighted by Crippen LogP contribution is 2.13. The zero-order valence-electron chi connectivity index (χ0n) is 6.92. The van der Waals surface area contributed by atoms with Gasteiger partial charge in [-0.25, -0.2) is 9.79 Å². The summed E-state index contributed by atoms with van der Waals surface area (Å²) in [4.78, 5) is 17.7. The lowest BCUT2D eigenvalue weighted by atomic mass is 10.4. The summed E-state index contributed by atoms with van der Waals surface area (Å²) in [6, 6.07) is 0. The maximum atomic E-state index is 10.4. The van der Waals surface area contributed by atoms with Gasteiger partial charge in [0.1, 0.15) is 25.3 Å². The van der Waals surface area contributed by atoms with Gasteiger partial charge < -0.3 is 15.7 Å². The van der Waals surface area contributed by atoms with E-state index in [1.54, 1.807) is 6.08 Å². The average Bonchev–Trinajstić information content (AvgIpc) is 2.31. The Kier molecular flexibility index (Phi) is 1.70. The molecule has 2 aliphatic heterocycles. The van der Waals surface area contributed by atoms with Gasteiger partial charge in [0.2, 0.25) is 0 Å². The summed E-state index contributed by atoms with van der Waals surface area (Å²) in [5.74, 6) is 0.769. The molecule has 1 fully saturated rings. The van der Waals surface area contributed by atoms with Crippen LogP contribution in [0.4, 0.5) is 4.79 Å². The van der Waals surface area contributed by atoms with Crippen molar-refractivity contribution in [2.45, 2.75) is 6.17 Å². The van der Waals surface area contributed by atoms with Gasteiger partial charge in [0.15, 0.2) is 0 Å². The Balaban J connectivity index is 1.91. The van der Waals surface area contributed by atoms with Crippen molar-refractivity contribution in [1.82, 2.24) is 9.80 Å². The van der Waals surface area contributed by atoms with Crippen molar-refractivity contribution < 1.29 is 9.90 Å². The van der Waals surface area contributed by atoms with E-state index in [9.17, 15) is 4.79 Å². The highest BCUT2D eigenvalue weighted by atomic mass is 16.4. The van der Waals surface area contributed by atoms with Gasteiger partial charge in [-0.1, -0.05) is 0 Å². The van der Waals surface area contributed by atoms with Crippen LogP contribution in [-0.4, -0.2) is 46.3 Å². The van der Waals surface area contributed by atoms with E-state index < -0.39 is 6.09 Å². The molecule has 0 saturated carbocycles. The van der Waals surface area contributed by atoms with Gasteiger partial charge in [-0.05, 0) is 12.2 Å². The van der Waals surface area contributed by atoms with Crippen molar-refractivity contribution >= 4 is 11.9 Å². The topological polar surface area (TPSA) is 82.2 Å². The molecule has 70 valence electrons. The molecule has 1 saturated heterocycles. The minimum absolute atomic E-state index is 0.270. The monoisotopic (exact) mass is 182 g/mol. The Morgan fingerprint density at radius 3 is 2.85 bits per heavy atom. The van der Waals surface area contributed by atoms with Crippen molar-refractivity contribution in [1.29, 1.82) is 0 Å². The van der Waals surface area contributed by atoms with Crippen LogP contribution in [0.2, 0.25) is 0 Å². The molecule has 2 aliphatic rings. The second kappa shape index (κ2) is 2.74. The predicted octanol–water partition coefficient (Wildman–Crippen LogP) is -0.550. The predicted molar refractivity (Wildman–Crippen MR) is 46.0 cm³/mol. The van der Waals surface area contributed by atoms with Crippen LogP contribution in [-0.2, 0) is 0 Å². The third-order valence-electron chi connectivity index (χ3n) is 2.00. The van der Waals surface area contributed by atoms with Crippen molar-refractivity contribution in [2.75, 3.05) is 13.3 Å². The molecule has 0 aliphatic carbocycles. The molecule has 6 heteroatoms. The number of hydrogen-bond donors (Lipinski definition) is 2. The van der Waals surface area contributed by atoms with E-state index in [-0.39, 0.29) is 6.17 Å². The maximum Gasteiger partial charge on any atom is 0.410 e. The van der Waals surface area contributed by atoms with Crippen LogP contribution >= 0.6 is 0 Å². The van der Waals surface area contributed by atoms with E-state index in [1.165, 1.54) is 4.90 Å². The lowest BCUT2D eigenvalue weighted by Crippen LogP contribution is -2.58. The highest BCUT2D eigenvalue weighted by molar-refractivity contribution is 5.95. The SMILES string of the molecule is NC1C=CC(N2CN(C(=O)O)C2)=N1. The summed E-state index contributed by atoms with van der Waals surface area (Å²) in [5.41, 5.74) is 5.51. The van der Waals surface area contributed by atoms with Crippen molar-refractivity contribution in [2.24, 2.45) is 10.7 Å². The quantitative estimate of drug-likeness (QED) is 0.526. The first-order valence-electron chi connectivity index (χ1n) is 3.91. The molecular formula is C7H10N4O2. The number of nitrogens with two attached hydrogens (primary N) is 1. The first-order chi connectivity index (χ1) is 6.16. The fourth-order valence-corrected chi connectivity index (χ4v) is 1.25. The summed E-state index contributed by atoms with van der Waals surface area (Å²) >= 11 is 0. The first kappa shape index (κ1) is 8.06. The van der Waals surface area contributed by atoms with E-state index >= 15 is 0 Å². The Morgan fingerprint density at radius 1 is 1.69 bits per heavy atom. The zero-order chi connectivity index (χ0) is 9.42. The minimum atomic E-state index is -0.900. The van der Waals surface area contributed by atoms with Crippen LogP contribution in [0.1, 0.15) is 0 Å². The molecule has 0 bridgehead atoms. The molecule has 3 N–H and O–H groups in total. The smallest absolute Gasteiger partial charge is 0.410 e. The molecule has 0 radical (unpaired) electrons. The summed E-state index contributed by atoms with van der Waals surface area (Å²) in [5, 5.41) is 8.56. The number of hydrogen-bond acceptors (Lipinski definition) is 4. The van der Waals surface area contributed by atoms with Crippen molar-refractivity contribution in [3.8, 4) is 0 Å². The van der Waals surface area contributed by atoms with Gasteiger partial charge in [-0.3, -0.25) is 4.90 Å². The molecule has 0 aromatic heterocycles. The molecule has 2 rings (SSSR count). The van der Waals surface area contributed by atoms with Crippen LogP contribution in [0, 0.1) is 0 Å². The summed E-state index contributed by atoms with van der Waals surface area (Å²) in [6.45, 7) is 0.760. The van der Waals surface area contributed by atoms with E-state index in [0.29, 0.717) is 13.3 Å². The van der Waals surface area contributed by atoms with E-state index in [1.807, 2.05) is 11.0 Å². The lowest BCUT2D eigenvalue weighted by molar-refractivity contribution is 0.0336. The molecule has 1 amide bonds. The molecule has 0 aromatic carbocycles. The van der Waals surface area contributed by atoms with Gasteiger partial charge in [0.25, 0.3) is 0 Å². The van der Waals surface area contributed by atoms with Gasteiger partial charge in [0, 0.05) is 0 Å². The third kappa shape index (κ3) is 1.35. The first-order valence-corrected chi connectivity index (χ1v) is 3.91. The lowest BCUT2D eigenvalue weighted by Gasteiger charge is -2.41. The summed E-state index contributed by atoms with van der Waals surface area (Å²) < 4.78 is 0. The molecule has 0 spiro atoms. The second-order valence-corrected chi connectivity index (χ2v) is 2.98. The average molecular weight is 182 g/mol. The number of rotatable bonds is 0. The second-order valence-electron chi connectivity index (χ2n) is 2.98. The molecule has 1 unspecified atom stereocenters. The molecule has 0 aromatic rings. The Bertz CT molecular complexity index is 293. The Hall–Kier alpha value is -1.56. The number of aliphatic imine (C=N–C) groups is 1. The molecule has 6 nitrogen and oxygen atoms in total. The molecule has 13 heavy (non-hydrogen) atoms. The van der Waals surface area contributed by atoms with Gasteiger partial charge >= 0.3 is 6.09 Å². The minimum Gasteiger partial charge on any atom is -0.465 e. The molecule has 2 heterocycles. The van der Waals surface area contributed by atoms with Gasteiger partial charge in [-0.15, -0.1) is 0 Å². The largest absolute Gasteiger partial charge is 0.465 e. The number of amidine groups is 1. The van der Waals surface area contributed by atoms with Crippen molar-refractivity contribution in [3.63, 3.8) is 0 Å². The number of nitrogens with zero attached hydrogens (tertiary/aromatic N) is 3. The van der Waals surface area contributed by atoms with Crippen LogP contribution in [0.3, 0.4) is 0 Å². The Labute approximate surface area is 74.9 Å². The van der Waals surface area contributed by atoms with Crippen LogP contribution < -0.4 is 5.73 Å². The van der Waals surface area contributed by atoms with Crippen LogP contribution in [0.25, 0.3) is 0 Å². The van der Waals surface area contributed by atoms with Crippen molar-refractivity contribution in [3.05, 3.63) is 12.2 Å². The third-order valence-corrected chi connectivity index (χ3v) is 2.00. The van der Waals surface area contributed by atoms with Crippen LogP contribution in [0.5, 0.6) is 0 Å². The molecule has 1 atom stereocenters.